The van der Waals surface area contributed by atoms with Crippen molar-refractivity contribution in [1.82, 2.24) is 0 Å². The van der Waals surface area contributed by atoms with E-state index in [2.05, 4.69) is 0 Å². The van der Waals surface area contributed by atoms with Gasteiger partial charge in [0, 0.05) is 5.69 Å². The summed E-state index contributed by atoms with van der Waals surface area (Å²) in [6.07, 6.45) is -4.73. The molecule has 0 unspecified atom stereocenters. The number of hydrogen-bond donors (Lipinski definition) is 1. The van der Waals surface area contributed by atoms with Gasteiger partial charge in [-0.1, -0.05) is 6.07 Å². The molecule has 106 valence electrons. The molecule has 0 aliphatic rings. The van der Waals surface area contributed by atoms with E-state index < -0.39 is 34.9 Å². The van der Waals surface area contributed by atoms with Crippen LogP contribution in [0.3, 0.4) is 0 Å². The molecule has 2 nitrogen and oxygen atoms in total. The van der Waals surface area contributed by atoms with Gasteiger partial charge in [-0.3, -0.25) is 0 Å². The molecule has 7 heteroatoms. The molecule has 0 aliphatic carbocycles. The van der Waals surface area contributed by atoms with E-state index in [0.29, 0.717) is 6.07 Å². The van der Waals surface area contributed by atoms with Crippen molar-refractivity contribution in [3.8, 4) is 11.5 Å². The van der Waals surface area contributed by atoms with Crippen molar-refractivity contribution in [2.45, 2.75) is 6.18 Å². The highest BCUT2D eigenvalue weighted by molar-refractivity contribution is 5.50. The van der Waals surface area contributed by atoms with Crippen LogP contribution in [0, 0.1) is 11.6 Å². The predicted molar refractivity (Wildman–Crippen MR) is 62.3 cm³/mol. The molecule has 0 aromatic heterocycles. The van der Waals surface area contributed by atoms with Crippen molar-refractivity contribution < 1.29 is 26.7 Å². The standard InChI is InChI=1S/C13H8F5NO/c14-9-2-1-3-11(12(9)15)20-10-5-4-7(19)6-8(10)13(16,17)18/h1-6H,19H2. The Morgan fingerprint density at radius 1 is 0.950 bits per heavy atom. The van der Waals surface area contributed by atoms with Gasteiger partial charge in [0.25, 0.3) is 0 Å². The molecule has 2 rings (SSSR count). The predicted octanol–water partition coefficient (Wildman–Crippen LogP) is 4.36. The summed E-state index contributed by atoms with van der Waals surface area (Å²) in [7, 11) is 0. The minimum Gasteiger partial charge on any atom is -0.454 e. The number of nitrogen functional groups attached to an aromatic ring is 1. The third-order valence-electron chi connectivity index (χ3n) is 2.45. The molecule has 0 aliphatic heterocycles. The first-order valence-electron chi connectivity index (χ1n) is 5.37. The first-order valence-corrected chi connectivity index (χ1v) is 5.37. The first-order chi connectivity index (χ1) is 9.29. The van der Waals surface area contributed by atoms with Gasteiger partial charge in [0.1, 0.15) is 11.3 Å². The van der Waals surface area contributed by atoms with Crippen LogP contribution in [0.25, 0.3) is 0 Å². The zero-order valence-corrected chi connectivity index (χ0v) is 9.84. The van der Waals surface area contributed by atoms with Crippen LogP contribution in [-0.4, -0.2) is 0 Å². The zero-order chi connectivity index (χ0) is 14.9. The molecule has 20 heavy (non-hydrogen) atoms. The molecular formula is C13H8F5NO. The molecule has 0 atom stereocenters. The van der Waals surface area contributed by atoms with E-state index in [4.69, 9.17) is 10.5 Å². The molecule has 0 bridgehead atoms. The van der Waals surface area contributed by atoms with Crippen molar-refractivity contribution in [1.29, 1.82) is 0 Å². The molecular weight excluding hydrogens is 281 g/mol. The average Bonchev–Trinajstić information content (AvgIpc) is 2.36. The molecule has 0 spiro atoms. The van der Waals surface area contributed by atoms with Gasteiger partial charge >= 0.3 is 6.18 Å². The van der Waals surface area contributed by atoms with Crippen LogP contribution >= 0.6 is 0 Å². The summed E-state index contributed by atoms with van der Waals surface area (Å²) in [5.74, 6) is -3.87. The maximum absolute atomic E-state index is 13.4. The van der Waals surface area contributed by atoms with Gasteiger partial charge in [-0.05, 0) is 30.3 Å². The van der Waals surface area contributed by atoms with Crippen molar-refractivity contribution >= 4 is 5.69 Å². The van der Waals surface area contributed by atoms with E-state index in [1.807, 2.05) is 0 Å². The largest absolute Gasteiger partial charge is 0.454 e. The van der Waals surface area contributed by atoms with E-state index in [-0.39, 0.29) is 5.69 Å². The van der Waals surface area contributed by atoms with Crippen molar-refractivity contribution in [2.75, 3.05) is 5.73 Å². The summed E-state index contributed by atoms with van der Waals surface area (Å²) in [6.45, 7) is 0. The van der Waals surface area contributed by atoms with Crippen molar-refractivity contribution in [2.24, 2.45) is 0 Å². The molecule has 0 radical (unpaired) electrons. The Kier molecular flexibility index (Phi) is 3.52. The van der Waals surface area contributed by atoms with Crippen molar-refractivity contribution in [3.05, 3.63) is 53.6 Å². The van der Waals surface area contributed by atoms with E-state index >= 15 is 0 Å². The lowest BCUT2D eigenvalue weighted by Gasteiger charge is -2.14. The fourth-order valence-electron chi connectivity index (χ4n) is 1.54. The first kappa shape index (κ1) is 14.1. The Labute approximate surface area is 110 Å². The lowest BCUT2D eigenvalue weighted by atomic mass is 10.1. The zero-order valence-electron chi connectivity index (χ0n) is 9.84. The van der Waals surface area contributed by atoms with Gasteiger partial charge in [-0.15, -0.1) is 0 Å². The lowest BCUT2D eigenvalue weighted by Crippen LogP contribution is -2.08. The van der Waals surface area contributed by atoms with E-state index in [0.717, 1.165) is 24.3 Å². The lowest BCUT2D eigenvalue weighted by molar-refractivity contribution is -0.138. The summed E-state index contributed by atoms with van der Waals surface area (Å²) in [5.41, 5.74) is 4.00. The number of benzene rings is 2. The van der Waals surface area contributed by atoms with Crippen molar-refractivity contribution in [3.63, 3.8) is 0 Å². The van der Waals surface area contributed by atoms with Crippen LogP contribution in [0.5, 0.6) is 11.5 Å². The van der Waals surface area contributed by atoms with Gasteiger partial charge in [0.15, 0.2) is 11.6 Å². The molecule has 0 amide bonds. The highest BCUT2D eigenvalue weighted by atomic mass is 19.4. The summed E-state index contributed by atoms with van der Waals surface area (Å²) < 4.78 is 69.6. The number of nitrogens with two attached hydrogens (primary N) is 1. The van der Waals surface area contributed by atoms with Crippen LogP contribution in [0.15, 0.2) is 36.4 Å². The number of hydrogen-bond acceptors (Lipinski definition) is 2. The number of anilines is 1. The third kappa shape index (κ3) is 2.81. The Hall–Kier alpha value is -2.31. The fraction of sp³-hybridized carbons (Fsp3) is 0.0769. The molecule has 0 fully saturated rings. The Balaban J connectivity index is 2.46. The van der Waals surface area contributed by atoms with Crippen LogP contribution in [-0.2, 0) is 6.18 Å². The Bertz CT molecular complexity index is 639. The highest BCUT2D eigenvalue weighted by Gasteiger charge is 2.35. The smallest absolute Gasteiger partial charge is 0.420 e. The fourth-order valence-corrected chi connectivity index (χ4v) is 1.54. The monoisotopic (exact) mass is 289 g/mol. The normalized spacial score (nSPS) is 11.4. The van der Waals surface area contributed by atoms with Crippen LogP contribution in [0.1, 0.15) is 5.56 Å². The van der Waals surface area contributed by atoms with Gasteiger partial charge in [-0.2, -0.15) is 17.6 Å². The second-order valence-electron chi connectivity index (χ2n) is 3.91. The van der Waals surface area contributed by atoms with Crippen LogP contribution < -0.4 is 10.5 Å². The minimum atomic E-state index is -4.73. The van der Waals surface area contributed by atoms with Gasteiger partial charge in [-0.25, -0.2) is 4.39 Å². The average molecular weight is 289 g/mol. The molecule has 0 saturated carbocycles. The summed E-state index contributed by atoms with van der Waals surface area (Å²) >= 11 is 0. The highest BCUT2D eigenvalue weighted by Crippen LogP contribution is 2.39. The maximum Gasteiger partial charge on any atom is 0.420 e. The van der Waals surface area contributed by atoms with Crippen LogP contribution in [0.2, 0.25) is 0 Å². The third-order valence-corrected chi connectivity index (χ3v) is 2.45. The number of ether oxygens (including phenoxy) is 1. The van der Waals surface area contributed by atoms with E-state index in [9.17, 15) is 22.0 Å². The van der Waals surface area contributed by atoms with E-state index in [1.54, 1.807) is 0 Å². The quantitative estimate of drug-likeness (QED) is 0.658. The van der Waals surface area contributed by atoms with Gasteiger partial charge in [0.05, 0.1) is 0 Å². The second kappa shape index (κ2) is 4.99. The SMILES string of the molecule is Nc1ccc(Oc2cccc(F)c2F)c(C(F)(F)F)c1. The van der Waals surface area contributed by atoms with E-state index in [1.165, 1.54) is 6.07 Å². The molecule has 2 aromatic rings. The number of alkyl halides is 3. The summed E-state index contributed by atoms with van der Waals surface area (Å²) in [5, 5.41) is 0. The van der Waals surface area contributed by atoms with Crippen LogP contribution in [0.4, 0.5) is 27.6 Å². The topological polar surface area (TPSA) is 35.2 Å². The molecule has 2 N–H and O–H groups in total. The second-order valence-corrected chi connectivity index (χ2v) is 3.91. The Morgan fingerprint density at radius 3 is 2.30 bits per heavy atom. The molecule has 2 aromatic carbocycles. The Morgan fingerprint density at radius 2 is 1.65 bits per heavy atom. The molecule has 0 heterocycles. The minimum absolute atomic E-state index is 0.121. The number of rotatable bonds is 2. The van der Waals surface area contributed by atoms with Gasteiger partial charge in [0.2, 0.25) is 5.82 Å². The maximum atomic E-state index is 13.4. The molecule has 0 saturated heterocycles. The van der Waals surface area contributed by atoms with Gasteiger partial charge < -0.3 is 10.5 Å². The summed E-state index contributed by atoms with van der Waals surface area (Å²) in [6, 6.07) is 5.75. The number of halogens is 5. The summed E-state index contributed by atoms with van der Waals surface area (Å²) in [4.78, 5) is 0.